The number of nitrogens with one attached hydrogen (secondary N) is 1. The van der Waals surface area contributed by atoms with Crippen LogP contribution in [0.5, 0.6) is 11.5 Å². The van der Waals surface area contributed by atoms with Crippen molar-refractivity contribution in [3.05, 3.63) is 87.7 Å². The van der Waals surface area contributed by atoms with E-state index in [-0.39, 0.29) is 29.8 Å². The second kappa shape index (κ2) is 10.5. The molecule has 0 aromatic heterocycles. The Morgan fingerprint density at radius 2 is 1.80 bits per heavy atom. The van der Waals surface area contributed by atoms with Crippen LogP contribution in [-0.2, 0) is 16.1 Å². The molecule has 1 heterocycles. The number of hydrogen-bond acceptors (Lipinski definition) is 4. The maximum Gasteiger partial charge on any atom is 0.228 e. The summed E-state index contributed by atoms with van der Waals surface area (Å²) in [6, 6.07) is 15.7. The van der Waals surface area contributed by atoms with Gasteiger partial charge in [-0.05, 0) is 48.0 Å². The molecule has 9 heteroatoms. The molecule has 3 aromatic carbocycles. The molecule has 35 heavy (non-hydrogen) atoms. The highest BCUT2D eigenvalue weighted by atomic mass is 35.5. The largest absolute Gasteiger partial charge is 0.497 e. The molecule has 1 fully saturated rings. The van der Waals surface area contributed by atoms with Gasteiger partial charge in [0.25, 0.3) is 0 Å². The van der Waals surface area contributed by atoms with Crippen LogP contribution in [0, 0.1) is 11.7 Å². The number of ether oxygens (including phenoxy) is 2. The van der Waals surface area contributed by atoms with Gasteiger partial charge in [-0.1, -0.05) is 35.3 Å². The fraction of sp³-hybridized carbons (Fsp3) is 0.231. The zero-order valence-electron chi connectivity index (χ0n) is 19.1. The molecule has 0 bridgehead atoms. The average Bonchev–Trinajstić information content (AvgIpc) is 3.21. The number of amides is 2. The first-order chi connectivity index (χ1) is 16.8. The van der Waals surface area contributed by atoms with Gasteiger partial charge in [-0.2, -0.15) is 0 Å². The molecule has 2 amide bonds. The van der Waals surface area contributed by atoms with E-state index < -0.39 is 17.8 Å². The Hall–Kier alpha value is -3.29. The Bertz CT molecular complexity index is 1250. The molecule has 0 saturated carbocycles. The van der Waals surface area contributed by atoms with Gasteiger partial charge in [-0.15, -0.1) is 0 Å². The molecule has 182 valence electrons. The number of benzene rings is 3. The molecule has 1 saturated heterocycles. The van der Waals surface area contributed by atoms with Crippen molar-refractivity contribution in [3.8, 4) is 11.5 Å². The van der Waals surface area contributed by atoms with Crippen LogP contribution in [0.1, 0.15) is 23.6 Å². The van der Waals surface area contributed by atoms with Crippen LogP contribution in [0.2, 0.25) is 10.0 Å². The minimum absolute atomic E-state index is 0.0200. The summed E-state index contributed by atoms with van der Waals surface area (Å²) in [5, 5.41) is 3.35. The lowest BCUT2D eigenvalue weighted by Gasteiger charge is -2.28. The fourth-order valence-electron chi connectivity index (χ4n) is 4.26. The van der Waals surface area contributed by atoms with E-state index in [1.54, 1.807) is 49.6 Å². The number of hydrogen-bond donors (Lipinski definition) is 1. The summed E-state index contributed by atoms with van der Waals surface area (Å²) in [6.07, 6.45) is -0.0200. The van der Waals surface area contributed by atoms with E-state index in [0.29, 0.717) is 22.2 Å². The quantitative estimate of drug-likeness (QED) is 0.446. The zero-order chi connectivity index (χ0) is 25.1. The van der Waals surface area contributed by atoms with E-state index in [1.165, 1.54) is 30.2 Å². The highest BCUT2D eigenvalue weighted by Gasteiger charge is 2.45. The number of methoxy groups -OCH3 is 2. The number of anilines is 1. The zero-order valence-corrected chi connectivity index (χ0v) is 20.6. The summed E-state index contributed by atoms with van der Waals surface area (Å²) in [7, 11) is 3.10. The maximum atomic E-state index is 13.8. The SMILES string of the molecule is COc1ccc(CNC(=O)[C@H]2CC(=O)N(c3ccc(F)c(Cl)c3)[C@@H]2c2ccc(Cl)cc2)c(OC)c1. The molecule has 6 nitrogen and oxygen atoms in total. The van der Waals surface area contributed by atoms with Gasteiger partial charge < -0.3 is 19.7 Å². The van der Waals surface area contributed by atoms with Gasteiger partial charge in [0, 0.05) is 35.3 Å². The summed E-state index contributed by atoms with van der Waals surface area (Å²) in [5.41, 5.74) is 1.90. The number of carbonyl (C=O) groups is 2. The van der Waals surface area contributed by atoms with Crippen molar-refractivity contribution in [1.82, 2.24) is 5.32 Å². The first-order valence-corrected chi connectivity index (χ1v) is 11.6. The molecule has 0 unspecified atom stereocenters. The van der Waals surface area contributed by atoms with Gasteiger partial charge in [-0.3, -0.25) is 9.59 Å². The Balaban J connectivity index is 1.63. The molecule has 0 spiro atoms. The minimum atomic E-state index is -0.697. The highest BCUT2D eigenvalue weighted by Crippen LogP contribution is 2.42. The van der Waals surface area contributed by atoms with E-state index in [9.17, 15) is 14.0 Å². The summed E-state index contributed by atoms with van der Waals surface area (Å²) in [6.45, 7) is 0.201. The van der Waals surface area contributed by atoms with E-state index in [0.717, 1.165) is 11.1 Å². The molecular weight excluding hydrogens is 494 g/mol. The number of carbonyl (C=O) groups excluding carboxylic acids is 2. The Morgan fingerprint density at radius 1 is 1.06 bits per heavy atom. The molecule has 2 atom stereocenters. The monoisotopic (exact) mass is 516 g/mol. The molecule has 0 radical (unpaired) electrons. The first-order valence-electron chi connectivity index (χ1n) is 10.8. The maximum absolute atomic E-state index is 13.8. The fourth-order valence-corrected chi connectivity index (χ4v) is 4.56. The lowest BCUT2D eigenvalue weighted by atomic mass is 9.92. The van der Waals surface area contributed by atoms with Gasteiger partial charge in [0.05, 0.1) is 31.2 Å². The van der Waals surface area contributed by atoms with Gasteiger partial charge in [-0.25, -0.2) is 4.39 Å². The third-order valence-electron chi connectivity index (χ3n) is 6.00. The molecule has 1 aliphatic rings. The molecule has 0 aliphatic carbocycles. The number of nitrogens with zero attached hydrogens (tertiary/aromatic N) is 1. The standard InChI is InChI=1S/C26H23Cl2FN2O4/c1-34-19-9-5-16(23(12-19)35-2)14-30-26(33)20-13-24(32)31(18-8-10-22(29)21(28)11-18)25(20)15-3-6-17(27)7-4-15/h3-12,20,25H,13-14H2,1-2H3,(H,30,33)/t20-,25+/m0/s1. The lowest BCUT2D eigenvalue weighted by Crippen LogP contribution is -2.35. The van der Waals surface area contributed by atoms with Gasteiger partial charge >= 0.3 is 0 Å². The van der Waals surface area contributed by atoms with E-state index >= 15 is 0 Å². The van der Waals surface area contributed by atoms with Crippen LogP contribution >= 0.6 is 23.2 Å². The third kappa shape index (κ3) is 5.21. The van der Waals surface area contributed by atoms with Crippen molar-refractivity contribution in [2.24, 2.45) is 5.92 Å². The van der Waals surface area contributed by atoms with Crippen LogP contribution < -0.4 is 19.7 Å². The number of rotatable bonds is 7. The van der Waals surface area contributed by atoms with Crippen LogP contribution in [0.15, 0.2) is 60.7 Å². The first kappa shape index (κ1) is 24.8. The molecular formula is C26H23Cl2FN2O4. The summed E-state index contributed by atoms with van der Waals surface area (Å²) in [4.78, 5) is 28.0. The normalized spacial score (nSPS) is 17.4. The third-order valence-corrected chi connectivity index (χ3v) is 6.54. The Kier molecular flexibility index (Phi) is 7.48. The molecule has 1 aliphatic heterocycles. The average molecular weight is 517 g/mol. The van der Waals surface area contributed by atoms with Gasteiger partial charge in [0.15, 0.2) is 0 Å². The van der Waals surface area contributed by atoms with Crippen molar-refractivity contribution in [1.29, 1.82) is 0 Å². The van der Waals surface area contributed by atoms with E-state index in [4.69, 9.17) is 32.7 Å². The summed E-state index contributed by atoms with van der Waals surface area (Å²) in [5.74, 6) is -0.648. The predicted molar refractivity (Wildman–Crippen MR) is 133 cm³/mol. The summed E-state index contributed by atoms with van der Waals surface area (Å²) >= 11 is 12.1. The van der Waals surface area contributed by atoms with Gasteiger partial charge in [0.2, 0.25) is 11.8 Å². The summed E-state index contributed by atoms with van der Waals surface area (Å²) < 4.78 is 24.4. The van der Waals surface area contributed by atoms with Crippen LogP contribution in [0.4, 0.5) is 10.1 Å². The smallest absolute Gasteiger partial charge is 0.228 e. The highest BCUT2D eigenvalue weighted by molar-refractivity contribution is 6.31. The molecule has 3 aromatic rings. The van der Waals surface area contributed by atoms with Crippen LogP contribution in [0.25, 0.3) is 0 Å². The molecule has 4 rings (SSSR count). The second-order valence-electron chi connectivity index (χ2n) is 8.06. The second-order valence-corrected chi connectivity index (χ2v) is 8.91. The topological polar surface area (TPSA) is 67.9 Å². The Labute approximate surface area is 212 Å². The molecule has 1 N–H and O–H groups in total. The van der Waals surface area contributed by atoms with Crippen LogP contribution in [0.3, 0.4) is 0 Å². The van der Waals surface area contributed by atoms with Crippen molar-refractivity contribution in [2.45, 2.75) is 19.0 Å². The lowest BCUT2D eigenvalue weighted by molar-refractivity contribution is -0.127. The van der Waals surface area contributed by atoms with E-state index in [2.05, 4.69) is 5.32 Å². The van der Waals surface area contributed by atoms with Crippen molar-refractivity contribution >= 4 is 40.7 Å². The minimum Gasteiger partial charge on any atom is -0.497 e. The van der Waals surface area contributed by atoms with Crippen LogP contribution in [-0.4, -0.2) is 26.0 Å². The Morgan fingerprint density at radius 3 is 2.46 bits per heavy atom. The van der Waals surface area contributed by atoms with E-state index in [1.807, 2.05) is 0 Å². The van der Waals surface area contributed by atoms with Crippen molar-refractivity contribution < 1.29 is 23.5 Å². The van der Waals surface area contributed by atoms with Crippen molar-refractivity contribution in [3.63, 3.8) is 0 Å². The number of halogens is 3. The van der Waals surface area contributed by atoms with Gasteiger partial charge in [0.1, 0.15) is 17.3 Å². The predicted octanol–water partition coefficient (Wildman–Crippen LogP) is 5.56. The van der Waals surface area contributed by atoms with Crippen molar-refractivity contribution in [2.75, 3.05) is 19.1 Å².